The zero-order valence-electron chi connectivity index (χ0n) is 10.6. The summed E-state index contributed by atoms with van der Waals surface area (Å²) in [6, 6.07) is 11.9. The van der Waals surface area contributed by atoms with E-state index in [2.05, 4.69) is 21.1 Å². The lowest BCUT2D eigenvalue weighted by Gasteiger charge is -2.05. The van der Waals surface area contributed by atoms with Gasteiger partial charge in [-0.05, 0) is 24.3 Å². The molecule has 0 unspecified atom stereocenters. The minimum absolute atomic E-state index is 0.0205. The van der Waals surface area contributed by atoms with Crippen molar-refractivity contribution < 1.29 is 8.91 Å². The summed E-state index contributed by atoms with van der Waals surface area (Å²) in [5, 5.41) is 3.99. The Hall–Kier alpha value is -1.85. The van der Waals surface area contributed by atoms with Crippen LogP contribution in [-0.2, 0) is 0 Å². The molecule has 0 amide bonds. The lowest BCUT2D eigenvalue weighted by molar-refractivity contribution is 0.439. The van der Waals surface area contributed by atoms with E-state index in [1.54, 1.807) is 6.07 Å². The molecule has 0 radical (unpaired) electrons. The van der Waals surface area contributed by atoms with E-state index >= 15 is 0 Å². The number of nitrogen functional groups attached to an aromatic ring is 1. The second kappa shape index (κ2) is 5.50. The van der Waals surface area contributed by atoms with Gasteiger partial charge in [-0.2, -0.15) is 0 Å². The molecular weight excluding hydrogens is 359 g/mol. The van der Waals surface area contributed by atoms with Crippen LogP contribution in [0.5, 0.6) is 0 Å². The Morgan fingerprint density at radius 1 is 1.19 bits per heavy atom. The largest absolute Gasteiger partial charge is 0.367 e. The van der Waals surface area contributed by atoms with E-state index in [1.165, 1.54) is 12.1 Å². The van der Waals surface area contributed by atoms with E-state index in [0.29, 0.717) is 16.8 Å². The van der Waals surface area contributed by atoms with Crippen LogP contribution in [0.4, 0.5) is 10.3 Å². The first kappa shape index (κ1) is 14.1. The van der Waals surface area contributed by atoms with Crippen LogP contribution < -0.4 is 5.73 Å². The summed E-state index contributed by atoms with van der Waals surface area (Å²) in [5.41, 5.74) is 8.52. The quantitative estimate of drug-likeness (QED) is 0.682. The normalized spacial score (nSPS) is 10.8. The standard InChI is InChI=1S/C15H9BrClFN2O/c16-10-4-2-1-3-9(10)13-14(20-21-15(13)19)8-5-6-12(18)11(17)7-8/h1-7H,19H2. The maximum Gasteiger partial charge on any atom is 0.230 e. The Morgan fingerprint density at radius 2 is 1.95 bits per heavy atom. The van der Waals surface area contributed by atoms with Gasteiger partial charge in [0.1, 0.15) is 11.5 Å². The summed E-state index contributed by atoms with van der Waals surface area (Å²) in [5.74, 6) is -0.295. The molecule has 0 aliphatic carbocycles. The van der Waals surface area contributed by atoms with Gasteiger partial charge >= 0.3 is 0 Å². The van der Waals surface area contributed by atoms with Gasteiger partial charge in [0, 0.05) is 15.6 Å². The molecule has 2 aromatic carbocycles. The third-order valence-corrected chi connectivity index (χ3v) is 4.04. The number of aromatic nitrogens is 1. The number of hydrogen-bond acceptors (Lipinski definition) is 3. The highest BCUT2D eigenvalue weighted by Crippen LogP contribution is 2.40. The van der Waals surface area contributed by atoms with Gasteiger partial charge in [0.25, 0.3) is 0 Å². The number of nitrogens with two attached hydrogens (primary N) is 1. The Labute approximate surface area is 133 Å². The number of anilines is 1. The van der Waals surface area contributed by atoms with Crippen molar-refractivity contribution in [3.8, 4) is 22.4 Å². The second-order valence-electron chi connectivity index (χ2n) is 4.38. The zero-order chi connectivity index (χ0) is 15.0. The smallest absolute Gasteiger partial charge is 0.230 e. The van der Waals surface area contributed by atoms with Crippen molar-refractivity contribution in [3.05, 3.63) is 57.8 Å². The topological polar surface area (TPSA) is 52.0 Å². The number of nitrogens with zero attached hydrogens (tertiary/aromatic N) is 1. The Bertz CT molecular complexity index is 819. The Morgan fingerprint density at radius 3 is 2.67 bits per heavy atom. The molecule has 21 heavy (non-hydrogen) atoms. The first-order chi connectivity index (χ1) is 10.1. The summed E-state index contributed by atoms with van der Waals surface area (Å²) in [7, 11) is 0. The summed E-state index contributed by atoms with van der Waals surface area (Å²) in [4.78, 5) is 0. The zero-order valence-corrected chi connectivity index (χ0v) is 13.0. The molecule has 3 aromatic rings. The van der Waals surface area contributed by atoms with Crippen molar-refractivity contribution in [2.24, 2.45) is 0 Å². The van der Waals surface area contributed by atoms with E-state index < -0.39 is 5.82 Å². The molecule has 0 aliphatic heterocycles. The Balaban J connectivity index is 2.22. The van der Waals surface area contributed by atoms with E-state index in [0.717, 1.165) is 10.0 Å². The van der Waals surface area contributed by atoms with Gasteiger partial charge in [0.15, 0.2) is 0 Å². The molecule has 0 spiro atoms. The lowest BCUT2D eigenvalue weighted by atomic mass is 10.0. The van der Waals surface area contributed by atoms with Crippen molar-refractivity contribution >= 4 is 33.4 Å². The SMILES string of the molecule is Nc1onc(-c2ccc(F)c(Cl)c2)c1-c1ccccc1Br. The van der Waals surface area contributed by atoms with Crippen molar-refractivity contribution in [2.45, 2.75) is 0 Å². The van der Waals surface area contributed by atoms with Crippen molar-refractivity contribution in [1.29, 1.82) is 0 Å². The van der Waals surface area contributed by atoms with Gasteiger partial charge in [0.05, 0.1) is 10.6 Å². The molecule has 0 bridgehead atoms. The van der Waals surface area contributed by atoms with Crippen LogP contribution in [0, 0.1) is 5.82 Å². The number of benzene rings is 2. The fraction of sp³-hybridized carbons (Fsp3) is 0. The number of rotatable bonds is 2. The van der Waals surface area contributed by atoms with Gasteiger partial charge in [-0.3, -0.25) is 0 Å². The van der Waals surface area contributed by atoms with E-state index in [-0.39, 0.29) is 10.9 Å². The van der Waals surface area contributed by atoms with Crippen molar-refractivity contribution in [2.75, 3.05) is 5.73 Å². The molecule has 0 fully saturated rings. The number of hydrogen-bond donors (Lipinski definition) is 1. The summed E-state index contributed by atoms with van der Waals surface area (Å²) >= 11 is 9.30. The van der Waals surface area contributed by atoms with Gasteiger partial charge < -0.3 is 10.3 Å². The highest BCUT2D eigenvalue weighted by Gasteiger charge is 2.19. The first-order valence-electron chi connectivity index (χ1n) is 6.03. The van der Waals surface area contributed by atoms with E-state index in [4.69, 9.17) is 21.9 Å². The van der Waals surface area contributed by atoms with Crippen molar-refractivity contribution in [1.82, 2.24) is 5.16 Å². The average molecular weight is 368 g/mol. The highest BCUT2D eigenvalue weighted by atomic mass is 79.9. The van der Waals surface area contributed by atoms with E-state index in [9.17, 15) is 4.39 Å². The average Bonchev–Trinajstić information content (AvgIpc) is 2.84. The van der Waals surface area contributed by atoms with Gasteiger partial charge in [0.2, 0.25) is 5.88 Å². The molecule has 0 saturated carbocycles. The molecule has 6 heteroatoms. The number of halogens is 3. The van der Waals surface area contributed by atoms with Gasteiger partial charge in [-0.15, -0.1) is 0 Å². The molecule has 0 atom stereocenters. The molecule has 106 valence electrons. The molecule has 1 aromatic heterocycles. The van der Waals surface area contributed by atoms with Crippen LogP contribution in [0.25, 0.3) is 22.4 Å². The maximum absolute atomic E-state index is 13.3. The van der Waals surface area contributed by atoms with Crippen LogP contribution in [0.2, 0.25) is 5.02 Å². The fourth-order valence-corrected chi connectivity index (χ4v) is 2.73. The van der Waals surface area contributed by atoms with E-state index in [1.807, 2.05) is 24.3 Å². The highest BCUT2D eigenvalue weighted by molar-refractivity contribution is 9.10. The molecule has 0 saturated heterocycles. The third-order valence-electron chi connectivity index (χ3n) is 3.05. The lowest BCUT2D eigenvalue weighted by Crippen LogP contribution is -1.89. The maximum atomic E-state index is 13.3. The minimum Gasteiger partial charge on any atom is -0.367 e. The summed E-state index contributed by atoms with van der Waals surface area (Å²) in [6.45, 7) is 0. The van der Waals surface area contributed by atoms with Crippen LogP contribution in [0.1, 0.15) is 0 Å². The molecular formula is C15H9BrClFN2O. The molecule has 2 N–H and O–H groups in total. The van der Waals surface area contributed by atoms with Crippen LogP contribution in [0.3, 0.4) is 0 Å². The Kier molecular flexibility index (Phi) is 3.69. The van der Waals surface area contributed by atoms with Crippen LogP contribution in [0.15, 0.2) is 51.5 Å². The molecule has 3 nitrogen and oxygen atoms in total. The van der Waals surface area contributed by atoms with Crippen LogP contribution in [-0.4, -0.2) is 5.16 Å². The first-order valence-corrected chi connectivity index (χ1v) is 7.20. The summed E-state index contributed by atoms with van der Waals surface area (Å²) in [6.07, 6.45) is 0. The van der Waals surface area contributed by atoms with Crippen molar-refractivity contribution in [3.63, 3.8) is 0 Å². The van der Waals surface area contributed by atoms with Crippen LogP contribution >= 0.6 is 27.5 Å². The monoisotopic (exact) mass is 366 g/mol. The summed E-state index contributed by atoms with van der Waals surface area (Å²) < 4.78 is 19.3. The molecule has 0 aliphatic rings. The predicted octanol–water partition coefficient (Wildman–Crippen LogP) is 5.15. The minimum atomic E-state index is -0.487. The third kappa shape index (κ3) is 2.54. The molecule has 3 rings (SSSR count). The van der Waals surface area contributed by atoms with Gasteiger partial charge in [-0.1, -0.05) is 50.9 Å². The molecule has 1 heterocycles. The predicted molar refractivity (Wildman–Crippen MR) is 84.5 cm³/mol. The fourth-order valence-electron chi connectivity index (χ4n) is 2.07. The second-order valence-corrected chi connectivity index (χ2v) is 5.64. The van der Waals surface area contributed by atoms with Gasteiger partial charge in [-0.25, -0.2) is 4.39 Å².